The van der Waals surface area contributed by atoms with Crippen molar-refractivity contribution in [2.24, 2.45) is 0 Å². The molecule has 0 unspecified atom stereocenters. The Bertz CT molecular complexity index is 1410. The average Bonchev–Trinajstić information content (AvgIpc) is 2.80. The number of fused-ring (bicyclic) bond motifs is 4. The molecular weight excluding hydrogens is 412 g/mol. The van der Waals surface area contributed by atoms with Gasteiger partial charge in [0.1, 0.15) is 0 Å². The van der Waals surface area contributed by atoms with E-state index in [1.54, 1.807) is 0 Å². The zero-order valence-electron chi connectivity index (χ0n) is 18.9. The quantitative estimate of drug-likeness (QED) is 0.212. The van der Waals surface area contributed by atoms with E-state index < -0.39 is 8.80 Å². The molecule has 0 N–H and O–H groups in total. The van der Waals surface area contributed by atoms with E-state index in [-0.39, 0.29) is 0 Å². The van der Waals surface area contributed by atoms with E-state index in [9.17, 15) is 0 Å². The van der Waals surface area contributed by atoms with Crippen LogP contribution in [0.3, 0.4) is 0 Å². The van der Waals surface area contributed by atoms with Gasteiger partial charge in [-0.15, -0.1) is 0 Å². The Hall–Kier alpha value is -2.76. The summed E-state index contributed by atoms with van der Waals surface area (Å²) in [5, 5.41) is 10.9. The first-order valence-electron chi connectivity index (χ1n) is 11.4. The molecule has 0 saturated carbocycles. The van der Waals surface area contributed by atoms with Gasteiger partial charge < -0.3 is 13.3 Å². The Morgan fingerprint density at radius 2 is 0.844 bits per heavy atom. The molecule has 0 fully saturated rings. The van der Waals surface area contributed by atoms with Crippen molar-refractivity contribution in [3.05, 3.63) is 78.9 Å². The minimum Gasteiger partial charge on any atom is -0.370 e. The van der Waals surface area contributed by atoms with E-state index in [4.69, 9.17) is 13.3 Å². The van der Waals surface area contributed by atoms with Crippen LogP contribution in [0.1, 0.15) is 20.8 Å². The van der Waals surface area contributed by atoms with Crippen LogP contribution in [0.5, 0.6) is 0 Å². The molecule has 0 aliphatic heterocycles. The molecule has 0 aliphatic rings. The van der Waals surface area contributed by atoms with E-state index in [1.165, 1.54) is 43.1 Å². The summed E-state index contributed by atoms with van der Waals surface area (Å²) in [4.78, 5) is 0. The molecule has 0 radical (unpaired) electrons. The normalized spacial score (nSPS) is 12.3. The molecule has 32 heavy (non-hydrogen) atoms. The van der Waals surface area contributed by atoms with E-state index in [0.717, 1.165) is 5.19 Å². The van der Waals surface area contributed by atoms with Crippen molar-refractivity contribution < 1.29 is 13.3 Å². The van der Waals surface area contributed by atoms with Gasteiger partial charge in [-0.25, -0.2) is 0 Å². The number of hydrogen-bond acceptors (Lipinski definition) is 3. The summed E-state index contributed by atoms with van der Waals surface area (Å²) in [6, 6.07) is 28.7. The molecule has 0 spiro atoms. The fraction of sp³-hybridized carbons (Fsp3) is 0.214. The number of rotatable bonds is 7. The van der Waals surface area contributed by atoms with Crippen LogP contribution in [-0.2, 0) is 13.3 Å². The Labute approximate surface area is 189 Å². The number of benzene rings is 5. The highest BCUT2D eigenvalue weighted by atomic mass is 28.4. The van der Waals surface area contributed by atoms with Crippen molar-refractivity contribution in [3.8, 4) is 0 Å². The fourth-order valence-electron chi connectivity index (χ4n) is 4.58. The summed E-state index contributed by atoms with van der Waals surface area (Å²) in [6.45, 7) is 7.64. The molecule has 0 aliphatic carbocycles. The van der Waals surface area contributed by atoms with Gasteiger partial charge in [0.2, 0.25) is 0 Å². The predicted octanol–water partition coefficient (Wildman–Crippen LogP) is 6.55. The average molecular weight is 441 g/mol. The molecule has 162 valence electrons. The van der Waals surface area contributed by atoms with Gasteiger partial charge >= 0.3 is 8.80 Å². The minimum absolute atomic E-state index is 0.557. The minimum atomic E-state index is -2.93. The molecule has 0 bridgehead atoms. The third-order valence-corrected chi connectivity index (χ3v) is 9.00. The van der Waals surface area contributed by atoms with Crippen LogP contribution in [0, 0.1) is 0 Å². The van der Waals surface area contributed by atoms with Crippen molar-refractivity contribution in [2.75, 3.05) is 19.8 Å². The zero-order chi connectivity index (χ0) is 22.1. The molecular formula is C28H28O3Si. The van der Waals surface area contributed by atoms with Crippen LogP contribution in [-0.4, -0.2) is 28.6 Å². The third-order valence-electron chi connectivity index (χ3n) is 5.97. The van der Waals surface area contributed by atoms with E-state index in [1.807, 2.05) is 20.8 Å². The summed E-state index contributed by atoms with van der Waals surface area (Å²) in [6.07, 6.45) is 0. The predicted molar refractivity (Wildman–Crippen MR) is 137 cm³/mol. The maximum absolute atomic E-state index is 6.13. The van der Waals surface area contributed by atoms with Gasteiger partial charge in [-0.1, -0.05) is 36.4 Å². The van der Waals surface area contributed by atoms with Crippen LogP contribution in [0.2, 0.25) is 0 Å². The lowest BCUT2D eigenvalue weighted by Crippen LogP contribution is -2.56. The Balaban J connectivity index is 1.68. The zero-order valence-corrected chi connectivity index (χ0v) is 19.9. The summed E-state index contributed by atoms with van der Waals surface area (Å²) >= 11 is 0. The van der Waals surface area contributed by atoms with Gasteiger partial charge in [-0.2, -0.15) is 0 Å². The summed E-state index contributed by atoms with van der Waals surface area (Å²) < 4.78 is 18.4. The van der Waals surface area contributed by atoms with E-state index in [0.29, 0.717) is 19.8 Å². The van der Waals surface area contributed by atoms with Crippen LogP contribution in [0.25, 0.3) is 43.1 Å². The first kappa shape index (κ1) is 21.1. The van der Waals surface area contributed by atoms with Gasteiger partial charge in [0.25, 0.3) is 0 Å². The first-order valence-corrected chi connectivity index (χ1v) is 13.1. The molecule has 5 rings (SSSR count). The molecule has 0 heterocycles. The van der Waals surface area contributed by atoms with Gasteiger partial charge in [-0.3, -0.25) is 0 Å². The molecule has 0 amide bonds. The highest BCUT2D eigenvalue weighted by Gasteiger charge is 2.43. The van der Waals surface area contributed by atoms with Gasteiger partial charge in [-0.05, 0) is 106 Å². The van der Waals surface area contributed by atoms with Crippen LogP contribution in [0.15, 0.2) is 78.9 Å². The maximum Gasteiger partial charge on any atom is 0.537 e. The lowest BCUT2D eigenvalue weighted by molar-refractivity contribution is 0.0859. The Kier molecular flexibility index (Phi) is 5.70. The standard InChI is InChI=1S/C28H28O3Si/c1-4-29-32(30-5-2,31-6-3)28-12-11-22-15-25-16-23-13-20-9-7-8-10-21(20)14-24(23)17-26(25)18-27(22)19-28/h7-19H,4-6H2,1-3H3. The maximum atomic E-state index is 6.13. The largest absolute Gasteiger partial charge is 0.537 e. The molecule has 0 atom stereocenters. The molecule has 0 saturated heterocycles. The van der Waals surface area contributed by atoms with Crippen molar-refractivity contribution in [3.63, 3.8) is 0 Å². The second-order valence-electron chi connectivity index (χ2n) is 8.02. The van der Waals surface area contributed by atoms with Crippen LogP contribution < -0.4 is 5.19 Å². The van der Waals surface area contributed by atoms with E-state index in [2.05, 4.69) is 78.9 Å². The van der Waals surface area contributed by atoms with Crippen molar-refractivity contribution in [1.82, 2.24) is 0 Å². The summed E-state index contributed by atoms with van der Waals surface area (Å²) in [5.41, 5.74) is 0. The highest BCUT2D eigenvalue weighted by molar-refractivity contribution is 6.75. The molecule has 5 aromatic carbocycles. The monoisotopic (exact) mass is 440 g/mol. The summed E-state index contributed by atoms with van der Waals surface area (Å²) in [7, 11) is -2.93. The molecule has 3 nitrogen and oxygen atoms in total. The van der Waals surface area contributed by atoms with Gasteiger partial charge in [0, 0.05) is 25.0 Å². The second kappa shape index (κ2) is 8.64. The lowest BCUT2D eigenvalue weighted by atomic mass is 9.97. The first-order chi connectivity index (χ1) is 15.7. The third kappa shape index (κ3) is 3.69. The van der Waals surface area contributed by atoms with Gasteiger partial charge in [0.05, 0.1) is 0 Å². The molecule has 0 aromatic heterocycles. The molecule has 5 aromatic rings. The SMILES string of the molecule is CCO[Si](OCC)(OCC)c1ccc2cc3cc4cc5ccccc5cc4cc3cc2c1. The summed E-state index contributed by atoms with van der Waals surface area (Å²) in [5.74, 6) is 0. The lowest BCUT2D eigenvalue weighted by Gasteiger charge is -2.28. The Morgan fingerprint density at radius 1 is 0.469 bits per heavy atom. The topological polar surface area (TPSA) is 27.7 Å². The van der Waals surface area contributed by atoms with Crippen molar-refractivity contribution in [2.45, 2.75) is 20.8 Å². The number of hydrogen-bond donors (Lipinski definition) is 0. The fourth-order valence-corrected chi connectivity index (χ4v) is 7.09. The van der Waals surface area contributed by atoms with Crippen molar-refractivity contribution >= 4 is 57.1 Å². The van der Waals surface area contributed by atoms with Crippen LogP contribution >= 0.6 is 0 Å². The molecule has 4 heteroatoms. The second-order valence-corrected chi connectivity index (χ2v) is 10.6. The van der Waals surface area contributed by atoms with Crippen LogP contribution in [0.4, 0.5) is 0 Å². The smallest absolute Gasteiger partial charge is 0.370 e. The Morgan fingerprint density at radius 3 is 1.28 bits per heavy atom. The van der Waals surface area contributed by atoms with Crippen molar-refractivity contribution in [1.29, 1.82) is 0 Å². The van der Waals surface area contributed by atoms with Gasteiger partial charge in [0.15, 0.2) is 0 Å². The highest BCUT2D eigenvalue weighted by Crippen LogP contribution is 2.30. The van der Waals surface area contributed by atoms with E-state index >= 15 is 0 Å².